The largest absolute Gasteiger partial charge is 0.352 e. The van der Waals surface area contributed by atoms with Crippen molar-refractivity contribution >= 4 is 29.3 Å². The number of rotatable bonds is 5. The highest BCUT2D eigenvalue weighted by atomic mass is 35.5. The Kier molecular flexibility index (Phi) is 6.48. The SMILES string of the molecule is Cl.O=C(CCc1nc2ccccc2n1-c1ccccc1)N[C@H]1CCCNC1. The Morgan fingerprint density at radius 1 is 1.15 bits per heavy atom. The molecule has 1 fully saturated rings. The van der Waals surface area contributed by atoms with Gasteiger partial charge in [-0.05, 0) is 43.7 Å². The van der Waals surface area contributed by atoms with Gasteiger partial charge in [0.1, 0.15) is 5.82 Å². The van der Waals surface area contributed by atoms with Gasteiger partial charge in [-0.1, -0.05) is 30.3 Å². The van der Waals surface area contributed by atoms with Crippen LogP contribution in [0, 0.1) is 0 Å². The summed E-state index contributed by atoms with van der Waals surface area (Å²) in [6.45, 7) is 1.92. The lowest BCUT2D eigenvalue weighted by molar-refractivity contribution is -0.121. The molecular weight excluding hydrogens is 360 g/mol. The number of aryl methyl sites for hydroxylation is 1. The van der Waals surface area contributed by atoms with E-state index in [9.17, 15) is 4.79 Å². The summed E-state index contributed by atoms with van der Waals surface area (Å²) in [5, 5.41) is 6.47. The van der Waals surface area contributed by atoms with Gasteiger partial charge in [-0.25, -0.2) is 4.98 Å². The summed E-state index contributed by atoms with van der Waals surface area (Å²) < 4.78 is 2.16. The zero-order valence-electron chi connectivity index (χ0n) is 15.2. The molecule has 4 rings (SSSR count). The molecule has 2 N–H and O–H groups in total. The van der Waals surface area contributed by atoms with Crippen LogP contribution in [0.15, 0.2) is 54.6 Å². The third-order valence-electron chi connectivity index (χ3n) is 4.88. The molecule has 1 amide bonds. The number of imidazole rings is 1. The van der Waals surface area contributed by atoms with Crippen molar-refractivity contribution in [2.75, 3.05) is 13.1 Å². The number of benzene rings is 2. The summed E-state index contributed by atoms with van der Waals surface area (Å²) in [5.41, 5.74) is 3.11. The first-order valence-electron chi connectivity index (χ1n) is 9.33. The second-order valence-electron chi connectivity index (χ2n) is 6.80. The molecule has 2 aromatic carbocycles. The number of aromatic nitrogens is 2. The molecule has 6 heteroatoms. The predicted octanol–water partition coefficient (Wildman–Crippen LogP) is 3.25. The van der Waals surface area contributed by atoms with Gasteiger partial charge in [-0.15, -0.1) is 12.4 Å². The second-order valence-corrected chi connectivity index (χ2v) is 6.80. The van der Waals surface area contributed by atoms with Crippen molar-refractivity contribution in [1.82, 2.24) is 20.2 Å². The zero-order valence-corrected chi connectivity index (χ0v) is 16.0. The fourth-order valence-electron chi connectivity index (χ4n) is 3.61. The van der Waals surface area contributed by atoms with E-state index in [2.05, 4.69) is 33.4 Å². The van der Waals surface area contributed by atoms with E-state index >= 15 is 0 Å². The van der Waals surface area contributed by atoms with Gasteiger partial charge in [0.05, 0.1) is 11.0 Å². The number of piperidine rings is 1. The lowest BCUT2D eigenvalue weighted by Crippen LogP contribution is -2.45. The highest BCUT2D eigenvalue weighted by molar-refractivity contribution is 5.85. The van der Waals surface area contributed by atoms with E-state index in [-0.39, 0.29) is 24.4 Å². The Morgan fingerprint density at radius 2 is 1.93 bits per heavy atom. The Hall–Kier alpha value is -2.37. The van der Waals surface area contributed by atoms with Crippen LogP contribution >= 0.6 is 12.4 Å². The van der Waals surface area contributed by atoms with Crippen molar-refractivity contribution in [1.29, 1.82) is 0 Å². The van der Waals surface area contributed by atoms with Crippen LogP contribution in [-0.4, -0.2) is 34.6 Å². The molecule has 1 saturated heterocycles. The molecule has 27 heavy (non-hydrogen) atoms. The first-order valence-corrected chi connectivity index (χ1v) is 9.33. The van der Waals surface area contributed by atoms with Crippen molar-refractivity contribution < 1.29 is 4.79 Å². The predicted molar refractivity (Wildman–Crippen MR) is 111 cm³/mol. The van der Waals surface area contributed by atoms with E-state index in [1.807, 2.05) is 36.4 Å². The van der Waals surface area contributed by atoms with Crippen molar-refractivity contribution in [2.45, 2.75) is 31.7 Å². The van der Waals surface area contributed by atoms with Gasteiger partial charge in [0, 0.05) is 31.1 Å². The number of carbonyl (C=O) groups is 1. The summed E-state index contributed by atoms with van der Waals surface area (Å²) >= 11 is 0. The summed E-state index contributed by atoms with van der Waals surface area (Å²) in [6, 6.07) is 18.6. The number of nitrogens with zero attached hydrogens (tertiary/aromatic N) is 2. The number of nitrogens with one attached hydrogen (secondary N) is 2. The normalized spacial score (nSPS) is 16.7. The van der Waals surface area contributed by atoms with Gasteiger partial charge < -0.3 is 10.6 Å². The summed E-state index contributed by atoms with van der Waals surface area (Å²) in [7, 11) is 0. The van der Waals surface area contributed by atoms with E-state index in [1.54, 1.807) is 0 Å². The number of hydrogen-bond acceptors (Lipinski definition) is 3. The van der Waals surface area contributed by atoms with Crippen molar-refractivity contribution in [3.05, 3.63) is 60.4 Å². The minimum Gasteiger partial charge on any atom is -0.352 e. The molecule has 0 saturated carbocycles. The smallest absolute Gasteiger partial charge is 0.220 e. The van der Waals surface area contributed by atoms with E-state index in [0.29, 0.717) is 12.8 Å². The van der Waals surface area contributed by atoms with Crippen LogP contribution in [-0.2, 0) is 11.2 Å². The van der Waals surface area contributed by atoms with Gasteiger partial charge in [-0.2, -0.15) is 0 Å². The Balaban J connectivity index is 0.00000210. The lowest BCUT2D eigenvalue weighted by atomic mass is 10.1. The molecule has 0 bridgehead atoms. The van der Waals surface area contributed by atoms with Gasteiger partial charge in [0.2, 0.25) is 5.91 Å². The number of carbonyl (C=O) groups excluding carboxylic acids is 1. The third-order valence-corrected chi connectivity index (χ3v) is 4.88. The number of amides is 1. The molecule has 0 radical (unpaired) electrons. The molecule has 1 atom stereocenters. The maximum atomic E-state index is 12.4. The molecule has 1 aromatic heterocycles. The highest BCUT2D eigenvalue weighted by Gasteiger charge is 2.17. The van der Waals surface area contributed by atoms with E-state index in [1.165, 1.54) is 0 Å². The van der Waals surface area contributed by atoms with Crippen LogP contribution in [0.1, 0.15) is 25.1 Å². The Bertz CT molecular complexity index is 888. The van der Waals surface area contributed by atoms with Crippen LogP contribution in [0.5, 0.6) is 0 Å². The Labute approximate surface area is 165 Å². The fourth-order valence-corrected chi connectivity index (χ4v) is 3.61. The van der Waals surface area contributed by atoms with Gasteiger partial charge >= 0.3 is 0 Å². The summed E-state index contributed by atoms with van der Waals surface area (Å²) in [6.07, 6.45) is 3.25. The summed E-state index contributed by atoms with van der Waals surface area (Å²) in [5.74, 6) is 1.03. The topological polar surface area (TPSA) is 59.0 Å². The minimum absolute atomic E-state index is 0. The maximum absolute atomic E-state index is 12.4. The quantitative estimate of drug-likeness (QED) is 0.710. The molecule has 1 aliphatic heterocycles. The molecule has 0 spiro atoms. The molecule has 1 aliphatic rings. The number of fused-ring (bicyclic) bond motifs is 1. The first kappa shape index (κ1) is 19.4. The van der Waals surface area contributed by atoms with Crippen LogP contribution in [0.2, 0.25) is 0 Å². The van der Waals surface area contributed by atoms with Gasteiger partial charge in [0.15, 0.2) is 0 Å². The molecule has 3 aromatic rings. The molecule has 2 heterocycles. The van der Waals surface area contributed by atoms with E-state index < -0.39 is 0 Å². The second kappa shape index (κ2) is 9.02. The number of hydrogen-bond donors (Lipinski definition) is 2. The van der Waals surface area contributed by atoms with Crippen molar-refractivity contribution in [3.63, 3.8) is 0 Å². The van der Waals surface area contributed by atoms with E-state index in [4.69, 9.17) is 4.98 Å². The maximum Gasteiger partial charge on any atom is 0.220 e. The number of halogens is 1. The van der Waals surface area contributed by atoms with Crippen LogP contribution < -0.4 is 10.6 Å². The van der Waals surface area contributed by atoms with E-state index in [0.717, 1.165) is 48.5 Å². The average molecular weight is 385 g/mol. The molecule has 0 unspecified atom stereocenters. The first-order chi connectivity index (χ1) is 12.8. The zero-order chi connectivity index (χ0) is 17.8. The lowest BCUT2D eigenvalue weighted by Gasteiger charge is -2.23. The molecule has 0 aliphatic carbocycles. The van der Waals surface area contributed by atoms with Gasteiger partial charge in [0.25, 0.3) is 0 Å². The average Bonchev–Trinajstić information content (AvgIpc) is 3.06. The van der Waals surface area contributed by atoms with Crippen molar-refractivity contribution in [2.24, 2.45) is 0 Å². The monoisotopic (exact) mass is 384 g/mol. The van der Waals surface area contributed by atoms with Crippen LogP contribution in [0.4, 0.5) is 0 Å². The minimum atomic E-state index is 0. The standard InChI is InChI=1S/C21H24N4O.ClH/c26-21(23-16-7-6-14-22-15-16)13-12-20-24-18-10-4-5-11-19(18)25(20)17-8-2-1-3-9-17;/h1-5,8-11,16,22H,6-7,12-15H2,(H,23,26);1H/t16-;/m0./s1. The highest BCUT2D eigenvalue weighted by Crippen LogP contribution is 2.22. The molecule has 5 nitrogen and oxygen atoms in total. The summed E-state index contributed by atoms with van der Waals surface area (Å²) in [4.78, 5) is 17.2. The third kappa shape index (κ3) is 4.49. The van der Waals surface area contributed by atoms with Crippen molar-refractivity contribution in [3.8, 4) is 5.69 Å². The molecule has 142 valence electrons. The molecular formula is C21H25ClN4O. The van der Waals surface area contributed by atoms with Crippen LogP contribution in [0.25, 0.3) is 16.7 Å². The number of para-hydroxylation sites is 3. The van der Waals surface area contributed by atoms with Crippen LogP contribution in [0.3, 0.4) is 0 Å². The Morgan fingerprint density at radius 3 is 2.70 bits per heavy atom. The van der Waals surface area contributed by atoms with Gasteiger partial charge in [-0.3, -0.25) is 9.36 Å². The fraction of sp³-hybridized carbons (Fsp3) is 0.333.